The predicted molar refractivity (Wildman–Crippen MR) is 70.9 cm³/mol. The molecule has 0 unspecified atom stereocenters. The second kappa shape index (κ2) is 4.43. The summed E-state index contributed by atoms with van der Waals surface area (Å²) in [5.74, 6) is 0.612. The number of aryl methyl sites for hydroxylation is 1. The summed E-state index contributed by atoms with van der Waals surface area (Å²) in [6.07, 6.45) is 0. The van der Waals surface area contributed by atoms with Crippen LogP contribution in [-0.4, -0.2) is 19.6 Å². The van der Waals surface area contributed by atoms with Crippen LogP contribution in [0.4, 0.5) is 4.39 Å². The second-order valence-electron chi connectivity index (χ2n) is 3.97. The lowest BCUT2D eigenvalue weighted by Crippen LogP contribution is -1.98. The Bertz CT molecular complexity index is 785. The Morgan fingerprint density at radius 3 is 2.68 bits per heavy atom. The highest BCUT2D eigenvalue weighted by atomic mass is 35.5. The zero-order valence-corrected chi connectivity index (χ0v) is 11.2. The van der Waals surface area contributed by atoms with Gasteiger partial charge in [-0.25, -0.2) is 9.37 Å². The van der Waals surface area contributed by atoms with Gasteiger partial charge in [0.05, 0.1) is 5.02 Å². The Balaban J connectivity index is 2.28. The van der Waals surface area contributed by atoms with Crippen LogP contribution in [0.2, 0.25) is 10.2 Å². The van der Waals surface area contributed by atoms with Gasteiger partial charge in [0.25, 0.3) is 0 Å². The maximum Gasteiger partial charge on any atom is 0.169 e. The Hall–Kier alpha value is -1.72. The van der Waals surface area contributed by atoms with Crippen LogP contribution in [0, 0.1) is 12.7 Å². The molecule has 0 N–H and O–H groups in total. The fourth-order valence-corrected chi connectivity index (χ4v) is 2.21. The highest BCUT2D eigenvalue weighted by Gasteiger charge is 2.13. The van der Waals surface area contributed by atoms with E-state index in [1.807, 2.05) is 0 Å². The molecular weight excluding hydrogens is 290 g/mol. The summed E-state index contributed by atoms with van der Waals surface area (Å²) in [7, 11) is 0. The molecule has 19 heavy (non-hydrogen) atoms. The van der Waals surface area contributed by atoms with Gasteiger partial charge in [0.15, 0.2) is 11.5 Å². The fourth-order valence-electron chi connectivity index (χ4n) is 1.87. The minimum absolute atomic E-state index is 0.0652. The number of rotatable bonds is 1. The Labute approximate surface area is 117 Å². The zero-order chi connectivity index (χ0) is 13.6. The lowest BCUT2D eigenvalue weighted by molar-refractivity contribution is 0.628. The largest absolute Gasteiger partial charge is 0.263 e. The zero-order valence-electron chi connectivity index (χ0n) is 9.73. The highest BCUT2D eigenvalue weighted by molar-refractivity contribution is 6.30. The highest BCUT2D eigenvalue weighted by Crippen LogP contribution is 2.24. The molecule has 0 bridgehead atoms. The standard InChI is InChI=1S/C12H7Cl2FN4/c1-6-16-10(14)5-11-17-18-12(19(6)11)7-2-3-8(13)9(15)4-7/h2-5H,1H3. The van der Waals surface area contributed by atoms with Crippen LogP contribution in [-0.2, 0) is 0 Å². The van der Waals surface area contributed by atoms with E-state index in [9.17, 15) is 4.39 Å². The van der Waals surface area contributed by atoms with Crippen molar-refractivity contribution < 1.29 is 4.39 Å². The SMILES string of the molecule is Cc1nc(Cl)cc2nnc(-c3ccc(Cl)c(F)c3)n12. The number of fused-ring (bicyclic) bond motifs is 1. The number of aromatic nitrogens is 4. The summed E-state index contributed by atoms with van der Waals surface area (Å²) in [6, 6.07) is 6.06. The molecule has 0 amide bonds. The minimum Gasteiger partial charge on any atom is -0.263 e. The van der Waals surface area contributed by atoms with E-state index in [0.717, 1.165) is 0 Å². The van der Waals surface area contributed by atoms with Crippen molar-refractivity contribution >= 4 is 28.8 Å². The molecule has 7 heteroatoms. The Morgan fingerprint density at radius 2 is 1.95 bits per heavy atom. The van der Waals surface area contributed by atoms with E-state index >= 15 is 0 Å². The van der Waals surface area contributed by atoms with Crippen LogP contribution in [0.5, 0.6) is 0 Å². The van der Waals surface area contributed by atoms with E-state index in [1.165, 1.54) is 12.1 Å². The first-order valence-electron chi connectivity index (χ1n) is 5.40. The van der Waals surface area contributed by atoms with Gasteiger partial charge in [0.2, 0.25) is 0 Å². The van der Waals surface area contributed by atoms with Crippen LogP contribution in [0.15, 0.2) is 24.3 Å². The van der Waals surface area contributed by atoms with Gasteiger partial charge in [-0.3, -0.25) is 4.40 Å². The van der Waals surface area contributed by atoms with Gasteiger partial charge < -0.3 is 0 Å². The molecule has 0 aliphatic heterocycles. The van der Waals surface area contributed by atoms with Gasteiger partial charge in [-0.15, -0.1) is 10.2 Å². The molecule has 0 saturated heterocycles. The molecule has 0 atom stereocenters. The second-order valence-corrected chi connectivity index (χ2v) is 4.77. The van der Waals surface area contributed by atoms with Crippen molar-refractivity contribution in [2.24, 2.45) is 0 Å². The normalized spacial score (nSPS) is 11.2. The van der Waals surface area contributed by atoms with Crippen LogP contribution in [0.3, 0.4) is 0 Å². The predicted octanol–water partition coefficient (Wildman–Crippen LogP) is 3.55. The molecule has 0 radical (unpaired) electrons. The van der Waals surface area contributed by atoms with Gasteiger partial charge in [-0.2, -0.15) is 0 Å². The lowest BCUT2D eigenvalue weighted by Gasteiger charge is -2.04. The first-order valence-corrected chi connectivity index (χ1v) is 6.15. The van der Waals surface area contributed by atoms with Gasteiger partial charge in [0, 0.05) is 11.6 Å². The molecule has 2 heterocycles. The summed E-state index contributed by atoms with van der Waals surface area (Å²) in [6.45, 7) is 1.78. The lowest BCUT2D eigenvalue weighted by atomic mass is 10.2. The summed E-state index contributed by atoms with van der Waals surface area (Å²) >= 11 is 11.5. The first kappa shape index (κ1) is 12.3. The number of halogens is 3. The Kier molecular flexibility index (Phi) is 2.88. The van der Waals surface area contributed by atoms with E-state index in [0.29, 0.717) is 28.0 Å². The molecule has 96 valence electrons. The maximum absolute atomic E-state index is 13.5. The average Bonchev–Trinajstić information content (AvgIpc) is 2.76. The van der Waals surface area contributed by atoms with E-state index in [2.05, 4.69) is 15.2 Å². The van der Waals surface area contributed by atoms with Crippen molar-refractivity contribution in [1.29, 1.82) is 0 Å². The van der Waals surface area contributed by atoms with Crippen molar-refractivity contribution in [3.8, 4) is 11.4 Å². The molecule has 0 saturated carbocycles. The summed E-state index contributed by atoms with van der Waals surface area (Å²) in [4.78, 5) is 4.13. The first-order chi connectivity index (χ1) is 9.06. The van der Waals surface area contributed by atoms with Crippen LogP contribution in [0.1, 0.15) is 5.82 Å². The van der Waals surface area contributed by atoms with Gasteiger partial charge in [0.1, 0.15) is 16.8 Å². The summed E-state index contributed by atoms with van der Waals surface area (Å²) < 4.78 is 15.2. The van der Waals surface area contributed by atoms with Crippen LogP contribution >= 0.6 is 23.2 Å². The van der Waals surface area contributed by atoms with Crippen LogP contribution < -0.4 is 0 Å². The topological polar surface area (TPSA) is 43.1 Å². The van der Waals surface area contributed by atoms with Crippen molar-refractivity contribution in [3.63, 3.8) is 0 Å². The van der Waals surface area contributed by atoms with Crippen molar-refractivity contribution in [3.05, 3.63) is 46.1 Å². The third-order valence-electron chi connectivity index (χ3n) is 2.71. The van der Waals surface area contributed by atoms with E-state index in [1.54, 1.807) is 23.5 Å². The molecule has 0 aliphatic rings. The molecule has 3 aromatic rings. The van der Waals surface area contributed by atoms with E-state index in [-0.39, 0.29) is 5.02 Å². The minimum atomic E-state index is -0.504. The summed E-state index contributed by atoms with van der Waals surface area (Å²) in [5, 5.41) is 8.45. The molecule has 3 rings (SSSR count). The monoisotopic (exact) mass is 296 g/mol. The van der Waals surface area contributed by atoms with E-state index in [4.69, 9.17) is 23.2 Å². The molecule has 4 nitrogen and oxygen atoms in total. The molecule has 0 aliphatic carbocycles. The van der Waals surface area contributed by atoms with Crippen LogP contribution in [0.25, 0.3) is 17.0 Å². The van der Waals surface area contributed by atoms with Gasteiger partial charge in [-0.1, -0.05) is 23.2 Å². The van der Waals surface area contributed by atoms with Gasteiger partial charge in [-0.05, 0) is 25.1 Å². The van der Waals surface area contributed by atoms with E-state index < -0.39 is 5.82 Å². The van der Waals surface area contributed by atoms with Gasteiger partial charge >= 0.3 is 0 Å². The molecule has 2 aromatic heterocycles. The molecule has 0 fully saturated rings. The van der Waals surface area contributed by atoms with Crippen molar-refractivity contribution in [2.75, 3.05) is 0 Å². The average molecular weight is 297 g/mol. The molecule has 0 spiro atoms. The quantitative estimate of drug-likeness (QED) is 0.645. The number of hydrogen-bond acceptors (Lipinski definition) is 3. The number of nitrogens with zero attached hydrogens (tertiary/aromatic N) is 4. The number of benzene rings is 1. The molecular formula is C12H7Cl2FN4. The smallest absolute Gasteiger partial charge is 0.169 e. The maximum atomic E-state index is 13.5. The van der Waals surface area contributed by atoms with Crippen molar-refractivity contribution in [2.45, 2.75) is 6.92 Å². The summed E-state index contributed by atoms with van der Waals surface area (Å²) in [5.41, 5.74) is 1.13. The molecule has 1 aromatic carbocycles. The Morgan fingerprint density at radius 1 is 1.16 bits per heavy atom. The fraction of sp³-hybridized carbons (Fsp3) is 0.0833. The third-order valence-corrected chi connectivity index (χ3v) is 3.21. The number of hydrogen-bond donors (Lipinski definition) is 0. The van der Waals surface area contributed by atoms with Crippen molar-refractivity contribution in [1.82, 2.24) is 19.6 Å². The third kappa shape index (κ3) is 2.05.